The molecule has 1 unspecified atom stereocenters. The van der Waals surface area contributed by atoms with Crippen molar-refractivity contribution in [3.05, 3.63) is 0 Å². The van der Waals surface area contributed by atoms with E-state index in [4.69, 9.17) is 9.73 Å². The van der Waals surface area contributed by atoms with E-state index in [9.17, 15) is 0 Å². The van der Waals surface area contributed by atoms with Crippen molar-refractivity contribution in [3.63, 3.8) is 0 Å². The second-order valence-corrected chi connectivity index (χ2v) is 8.32. The van der Waals surface area contributed by atoms with Gasteiger partial charge >= 0.3 is 0 Å². The van der Waals surface area contributed by atoms with Crippen LogP contribution in [0, 0.1) is 5.41 Å². The molecule has 138 valence electrons. The predicted octanol–water partition coefficient (Wildman–Crippen LogP) is 2.33. The smallest absolute Gasteiger partial charge is 0.194 e. The van der Waals surface area contributed by atoms with E-state index in [0.717, 1.165) is 45.4 Å². The van der Waals surface area contributed by atoms with Crippen molar-refractivity contribution in [2.75, 3.05) is 53.5 Å². The molecule has 0 aromatic carbocycles. The molecule has 0 aromatic rings. The van der Waals surface area contributed by atoms with Crippen LogP contribution in [0.1, 0.15) is 51.9 Å². The fraction of sp³-hybridized carbons (Fsp3) is 0.947. The highest BCUT2D eigenvalue weighted by atomic mass is 16.5. The summed E-state index contributed by atoms with van der Waals surface area (Å²) in [4.78, 5) is 10.0. The molecule has 1 N–H and O–H groups in total. The molecule has 1 saturated carbocycles. The standard InChI is InChI=1S/C19H36N4O/c1-4-20-17(23-12-10-18(15-23)11-13-24-16-18)21-14-19(22(2)3)8-6-5-7-9-19/h4-16H2,1-3H3,(H,20,21). The van der Waals surface area contributed by atoms with Crippen LogP contribution >= 0.6 is 0 Å². The predicted molar refractivity (Wildman–Crippen MR) is 99.5 cm³/mol. The molecule has 5 heteroatoms. The van der Waals surface area contributed by atoms with Crippen molar-refractivity contribution in [2.24, 2.45) is 10.4 Å². The van der Waals surface area contributed by atoms with E-state index in [-0.39, 0.29) is 5.54 Å². The Kier molecular flexibility index (Phi) is 5.70. The SMILES string of the molecule is CCNC(=NCC1(N(C)C)CCCCC1)N1CCC2(CCOC2)C1. The fourth-order valence-corrected chi connectivity index (χ4v) is 4.69. The number of hydrogen-bond acceptors (Lipinski definition) is 3. The van der Waals surface area contributed by atoms with Crippen LogP contribution in [0.5, 0.6) is 0 Å². The minimum atomic E-state index is 0.257. The normalized spacial score (nSPS) is 30.5. The number of hydrogen-bond donors (Lipinski definition) is 1. The molecule has 1 spiro atoms. The third-order valence-electron chi connectivity index (χ3n) is 6.51. The van der Waals surface area contributed by atoms with Gasteiger partial charge in [-0.1, -0.05) is 19.3 Å². The maximum Gasteiger partial charge on any atom is 0.194 e. The lowest BCUT2D eigenvalue weighted by Crippen LogP contribution is -2.50. The van der Waals surface area contributed by atoms with Crippen LogP contribution in [0.2, 0.25) is 0 Å². The number of rotatable bonds is 4. The molecule has 0 bridgehead atoms. The summed E-state index contributed by atoms with van der Waals surface area (Å²) in [6, 6.07) is 0. The Balaban J connectivity index is 1.69. The summed E-state index contributed by atoms with van der Waals surface area (Å²) in [5, 5.41) is 3.54. The Labute approximate surface area is 147 Å². The van der Waals surface area contributed by atoms with Gasteiger partial charge in [-0.2, -0.15) is 0 Å². The van der Waals surface area contributed by atoms with Crippen LogP contribution in [0.25, 0.3) is 0 Å². The molecule has 0 aromatic heterocycles. The highest BCUT2D eigenvalue weighted by Gasteiger charge is 2.42. The summed E-state index contributed by atoms with van der Waals surface area (Å²) in [6.07, 6.45) is 9.08. The third kappa shape index (κ3) is 3.72. The number of likely N-dealkylation sites (tertiary alicyclic amines) is 1. The van der Waals surface area contributed by atoms with Crippen LogP contribution < -0.4 is 5.32 Å². The zero-order valence-corrected chi connectivity index (χ0v) is 15.9. The van der Waals surface area contributed by atoms with Gasteiger partial charge < -0.3 is 19.9 Å². The molecule has 2 heterocycles. The lowest BCUT2D eigenvalue weighted by Gasteiger charge is -2.42. The molecule has 2 saturated heterocycles. The average molecular weight is 337 g/mol. The van der Waals surface area contributed by atoms with Gasteiger partial charge in [0.2, 0.25) is 0 Å². The molecule has 0 amide bonds. The van der Waals surface area contributed by atoms with Crippen LogP contribution in [0.4, 0.5) is 0 Å². The first-order valence-electron chi connectivity index (χ1n) is 9.88. The first-order chi connectivity index (χ1) is 11.6. The van der Waals surface area contributed by atoms with Crippen LogP contribution in [0.15, 0.2) is 4.99 Å². The summed E-state index contributed by atoms with van der Waals surface area (Å²) in [6.45, 7) is 8.12. The lowest BCUT2D eigenvalue weighted by molar-refractivity contribution is 0.109. The summed E-state index contributed by atoms with van der Waals surface area (Å²) in [5.41, 5.74) is 0.646. The minimum Gasteiger partial charge on any atom is -0.381 e. The highest BCUT2D eigenvalue weighted by molar-refractivity contribution is 5.80. The number of nitrogens with zero attached hydrogens (tertiary/aromatic N) is 3. The lowest BCUT2D eigenvalue weighted by atomic mass is 9.81. The summed E-state index contributed by atoms with van der Waals surface area (Å²) >= 11 is 0. The molecular formula is C19H36N4O. The zero-order valence-electron chi connectivity index (χ0n) is 15.9. The van der Waals surface area contributed by atoms with Crippen molar-refractivity contribution < 1.29 is 4.74 Å². The van der Waals surface area contributed by atoms with Gasteiger partial charge in [0, 0.05) is 37.2 Å². The van der Waals surface area contributed by atoms with E-state index < -0.39 is 0 Å². The molecular weight excluding hydrogens is 300 g/mol. The quantitative estimate of drug-likeness (QED) is 0.632. The molecule has 5 nitrogen and oxygen atoms in total. The van der Waals surface area contributed by atoms with Crippen molar-refractivity contribution >= 4 is 5.96 Å². The molecule has 3 rings (SSSR count). The summed E-state index contributed by atoms with van der Waals surface area (Å²) < 4.78 is 5.68. The third-order valence-corrected chi connectivity index (χ3v) is 6.51. The van der Waals surface area contributed by atoms with E-state index in [0.29, 0.717) is 5.41 Å². The first kappa shape index (κ1) is 18.0. The Morgan fingerprint density at radius 2 is 1.96 bits per heavy atom. The Hall–Kier alpha value is -0.810. The number of likely N-dealkylation sites (N-methyl/N-ethyl adjacent to an activating group) is 1. The molecule has 2 aliphatic heterocycles. The van der Waals surface area contributed by atoms with Crippen molar-refractivity contribution in [3.8, 4) is 0 Å². The first-order valence-corrected chi connectivity index (χ1v) is 9.88. The van der Waals surface area contributed by atoms with E-state index in [1.807, 2.05) is 0 Å². The summed E-state index contributed by atoms with van der Waals surface area (Å²) in [5.74, 6) is 1.12. The maximum absolute atomic E-state index is 5.68. The van der Waals surface area contributed by atoms with Gasteiger partial charge in [0.1, 0.15) is 0 Å². The fourth-order valence-electron chi connectivity index (χ4n) is 4.69. The van der Waals surface area contributed by atoms with Crippen molar-refractivity contribution in [1.29, 1.82) is 0 Å². The number of aliphatic imine (C=N–C) groups is 1. The monoisotopic (exact) mass is 336 g/mol. The molecule has 0 radical (unpaired) electrons. The Morgan fingerprint density at radius 1 is 1.17 bits per heavy atom. The van der Waals surface area contributed by atoms with E-state index in [1.165, 1.54) is 44.9 Å². The van der Waals surface area contributed by atoms with Crippen LogP contribution in [0.3, 0.4) is 0 Å². The highest BCUT2D eigenvalue weighted by Crippen LogP contribution is 2.38. The van der Waals surface area contributed by atoms with E-state index >= 15 is 0 Å². The van der Waals surface area contributed by atoms with Gasteiger partial charge in [-0.25, -0.2) is 0 Å². The van der Waals surface area contributed by atoms with Crippen LogP contribution in [-0.4, -0.2) is 74.8 Å². The second kappa shape index (κ2) is 7.61. The van der Waals surface area contributed by atoms with Crippen molar-refractivity contribution in [2.45, 2.75) is 57.4 Å². The number of guanidine groups is 1. The van der Waals surface area contributed by atoms with E-state index in [1.54, 1.807) is 0 Å². The Bertz CT molecular complexity index is 437. The average Bonchev–Trinajstić information content (AvgIpc) is 3.22. The molecule has 1 atom stereocenters. The van der Waals surface area contributed by atoms with Gasteiger partial charge in [-0.3, -0.25) is 4.99 Å². The Morgan fingerprint density at radius 3 is 2.58 bits per heavy atom. The molecule has 3 fully saturated rings. The molecule has 3 aliphatic rings. The topological polar surface area (TPSA) is 40.1 Å². The second-order valence-electron chi connectivity index (χ2n) is 8.32. The maximum atomic E-state index is 5.68. The molecule has 1 aliphatic carbocycles. The number of nitrogens with one attached hydrogen (secondary N) is 1. The zero-order chi connectivity index (χ0) is 17.0. The van der Waals surface area contributed by atoms with Gasteiger partial charge in [-0.05, 0) is 46.7 Å². The number of ether oxygens (including phenoxy) is 1. The molecule has 24 heavy (non-hydrogen) atoms. The van der Waals surface area contributed by atoms with Crippen molar-refractivity contribution in [1.82, 2.24) is 15.1 Å². The van der Waals surface area contributed by atoms with Crippen LogP contribution in [-0.2, 0) is 4.74 Å². The van der Waals surface area contributed by atoms with Gasteiger partial charge in [0.05, 0.1) is 13.2 Å². The van der Waals surface area contributed by atoms with E-state index in [2.05, 4.69) is 36.1 Å². The minimum absolute atomic E-state index is 0.257. The van der Waals surface area contributed by atoms with Gasteiger partial charge in [0.15, 0.2) is 5.96 Å². The summed E-state index contributed by atoms with van der Waals surface area (Å²) in [7, 11) is 4.46. The van der Waals surface area contributed by atoms with Gasteiger partial charge in [-0.15, -0.1) is 0 Å². The largest absolute Gasteiger partial charge is 0.381 e. The van der Waals surface area contributed by atoms with Gasteiger partial charge in [0.25, 0.3) is 0 Å².